The van der Waals surface area contributed by atoms with E-state index in [9.17, 15) is 4.21 Å². The molecule has 0 saturated carbocycles. The van der Waals surface area contributed by atoms with Crippen LogP contribution in [0.25, 0.3) is 0 Å². The summed E-state index contributed by atoms with van der Waals surface area (Å²) in [6, 6.07) is 0. The first kappa shape index (κ1) is 11.6. The summed E-state index contributed by atoms with van der Waals surface area (Å²) in [7, 11) is -0.713. The van der Waals surface area contributed by atoms with Gasteiger partial charge in [0, 0.05) is 35.5 Å². The van der Waals surface area contributed by atoms with E-state index in [1.54, 1.807) is 12.5 Å². The van der Waals surface area contributed by atoms with Crippen molar-refractivity contribution in [3.63, 3.8) is 0 Å². The van der Waals surface area contributed by atoms with E-state index in [1.807, 2.05) is 0 Å². The van der Waals surface area contributed by atoms with E-state index in [0.717, 1.165) is 29.0 Å². The number of hydrogen-bond donors (Lipinski definition) is 1. The van der Waals surface area contributed by atoms with Crippen molar-refractivity contribution in [3.05, 3.63) is 17.0 Å². The molecular weight excluding hydrogens is 266 g/mol. The molecule has 1 aromatic heterocycles. The normalized spacial score (nSPS) is 12.4. The van der Waals surface area contributed by atoms with E-state index < -0.39 is 10.8 Å². The van der Waals surface area contributed by atoms with Gasteiger partial charge in [-0.1, -0.05) is 0 Å². The fourth-order valence-corrected chi connectivity index (χ4v) is 1.84. The lowest BCUT2D eigenvalue weighted by atomic mass is 10.4. The Morgan fingerprint density at radius 1 is 1.64 bits per heavy atom. The number of aromatic nitrogens is 2. The molecule has 0 aliphatic heterocycles. The molecule has 1 heterocycles. The Morgan fingerprint density at radius 2 is 2.43 bits per heavy atom. The molecule has 1 rings (SSSR count). The summed E-state index contributed by atoms with van der Waals surface area (Å²) in [6.45, 7) is 0.773. The minimum absolute atomic E-state index is 0.713. The van der Waals surface area contributed by atoms with Gasteiger partial charge in [0.2, 0.25) is 0 Å². The molecule has 0 amide bonds. The Morgan fingerprint density at radius 3 is 3.07 bits per heavy atom. The Labute approximate surface area is 94.1 Å². The minimum Gasteiger partial charge on any atom is -0.369 e. The molecule has 0 aliphatic carbocycles. The van der Waals surface area contributed by atoms with E-state index >= 15 is 0 Å². The van der Waals surface area contributed by atoms with Crippen LogP contribution < -0.4 is 5.32 Å². The van der Waals surface area contributed by atoms with Gasteiger partial charge < -0.3 is 5.32 Å². The third-order valence-corrected chi connectivity index (χ3v) is 3.01. The van der Waals surface area contributed by atoms with Crippen LogP contribution in [-0.2, 0) is 10.8 Å². The lowest BCUT2D eigenvalue weighted by molar-refractivity contribution is 0.685. The minimum atomic E-state index is -0.713. The van der Waals surface area contributed by atoms with Crippen molar-refractivity contribution < 1.29 is 4.21 Å². The van der Waals surface area contributed by atoms with Gasteiger partial charge in [0.25, 0.3) is 0 Å². The van der Waals surface area contributed by atoms with Gasteiger partial charge in [-0.3, -0.25) is 4.21 Å². The topological polar surface area (TPSA) is 54.9 Å². The summed E-state index contributed by atoms with van der Waals surface area (Å²) >= 11 is 3.33. The van der Waals surface area contributed by atoms with Gasteiger partial charge in [-0.2, -0.15) is 0 Å². The van der Waals surface area contributed by atoms with E-state index in [1.165, 1.54) is 6.33 Å². The van der Waals surface area contributed by atoms with Crippen molar-refractivity contribution in [2.75, 3.05) is 23.9 Å². The number of anilines is 1. The molecule has 0 bridgehead atoms. The third kappa shape index (κ3) is 4.15. The second kappa shape index (κ2) is 6.08. The highest BCUT2D eigenvalue weighted by molar-refractivity contribution is 9.10. The van der Waals surface area contributed by atoms with E-state index in [2.05, 4.69) is 31.2 Å². The van der Waals surface area contributed by atoms with Gasteiger partial charge >= 0.3 is 0 Å². The summed E-state index contributed by atoms with van der Waals surface area (Å²) in [5.74, 6) is 1.50. The van der Waals surface area contributed by atoms with Crippen LogP contribution in [-0.4, -0.2) is 32.7 Å². The smallest absolute Gasteiger partial charge is 0.143 e. The molecule has 0 radical (unpaired) electrons. The quantitative estimate of drug-likeness (QED) is 0.828. The molecule has 0 saturated heterocycles. The fourth-order valence-electron chi connectivity index (χ4n) is 0.925. The van der Waals surface area contributed by atoms with E-state index in [4.69, 9.17) is 0 Å². The number of hydrogen-bond acceptors (Lipinski definition) is 4. The molecule has 14 heavy (non-hydrogen) atoms. The van der Waals surface area contributed by atoms with Crippen molar-refractivity contribution in [1.82, 2.24) is 9.97 Å². The van der Waals surface area contributed by atoms with E-state index in [-0.39, 0.29) is 0 Å². The van der Waals surface area contributed by atoms with Crippen LogP contribution >= 0.6 is 15.9 Å². The zero-order chi connectivity index (χ0) is 10.4. The van der Waals surface area contributed by atoms with Crippen molar-refractivity contribution in [3.8, 4) is 0 Å². The Bertz CT molecular complexity index is 321. The number of halogens is 1. The van der Waals surface area contributed by atoms with Crippen LogP contribution in [0.4, 0.5) is 5.82 Å². The molecule has 0 aliphatic rings. The summed E-state index contributed by atoms with van der Waals surface area (Å²) in [4.78, 5) is 7.90. The summed E-state index contributed by atoms with van der Waals surface area (Å²) in [6.07, 6.45) is 5.76. The van der Waals surface area contributed by atoms with Gasteiger partial charge in [0.1, 0.15) is 12.1 Å². The monoisotopic (exact) mass is 277 g/mol. The second-order valence-corrected chi connectivity index (χ2v) is 5.19. The molecular formula is C8H12BrN3OS. The highest BCUT2D eigenvalue weighted by atomic mass is 79.9. The zero-order valence-corrected chi connectivity index (χ0v) is 10.3. The first-order chi connectivity index (χ1) is 6.70. The van der Waals surface area contributed by atoms with Crippen molar-refractivity contribution in [1.29, 1.82) is 0 Å². The predicted molar refractivity (Wildman–Crippen MR) is 61.8 cm³/mol. The molecule has 0 spiro atoms. The standard InChI is InChI=1S/C8H12BrN3OS/c1-14(13)4-2-3-11-8-7(9)5-10-6-12-8/h5-6H,2-4H2,1H3,(H,10,11,12). The number of rotatable bonds is 5. The Balaban J connectivity index is 2.31. The Hall–Kier alpha value is -0.490. The van der Waals surface area contributed by atoms with Gasteiger partial charge in [0.15, 0.2) is 0 Å². The highest BCUT2D eigenvalue weighted by Crippen LogP contribution is 2.16. The lowest BCUT2D eigenvalue weighted by Crippen LogP contribution is -2.07. The van der Waals surface area contributed by atoms with Crippen LogP contribution in [0.2, 0.25) is 0 Å². The van der Waals surface area contributed by atoms with Crippen LogP contribution in [0.5, 0.6) is 0 Å². The second-order valence-electron chi connectivity index (χ2n) is 2.78. The van der Waals surface area contributed by atoms with Gasteiger partial charge in [-0.05, 0) is 22.4 Å². The van der Waals surface area contributed by atoms with Crippen molar-refractivity contribution in [2.45, 2.75) is 6.42 Å². The van der Waals surface area contributed by atoms with Crippen molar-refractivity contribution in [2.24, 2.45) is 0 Å². The summed E-state index contributed by atoms with van der Waals surface area (Å²) in [5, 5.41) is 3.14. The first-order valence-electron chi connectivity index (χ1n) is 4.19. The molecule has 6 heteroatoms. The maximum Gasteiger partial charge on any atom is 0.143 e. The highest BCUT2D eigenvalue weighted by Gasteiger charge is 1.99. The largest absolute Gasteiger partial charge is 0.369 e. The molecule has 1 atom stereocenters. The molecule has 78 valence electrons. The van der Waals surface area contributed by atoms with Crippen molar-refractivity contribution >= 4 is 32.5 Å². The van der Waals surface area contributed by atoms with Crippen LogP contribution in [0, 0.1) is 0 Å². The van der Waals surface area contributed by atoms with Crippen LogP contribution in [0.3, 0.4) is 0 Å². The SMILES string of the molecule is CS(=O)CCCNc1ncncc1Br. The molecule has 4 nitrogen and oxygen atoms in total. The average molecular weight is 278 g/mol. The molecule has 1 aromatic rings. The van der Waals surface area contributed by atoms with E-state index in [0.29, 0.717) is 0 Å². The fraction of sp³-hybridized carbons (Fsp3) is 0.500. The first-order valence-corrected chi connectivity index (χ1v) is 6.71. The molecule has 0 aromatic carbocycles. The molecule has 0 fully saturated rings. The third-order valence-electron chi connectivity index (χ3n) is 1.57. The number of nitrogens with one attached hydrogen (secondary N) is 1. The Kier molecular flexibility index (Phi) is 5.03. The van der Waals surface area contributed by atoms with Crippen LogP contribution in [0.15, 0.2) is 17.0 Å². The number of nitrogens with zero attached hydrogens (tertiary/aromatic N) is 2. The average Bonchev–Trinajstić information content (AvgIpc) is 2.15. The van der Waals surface area contributed by atoms with Gasteiger partial charge in [-0.25, -0.2) is 9.97 Å². The summed E-state index contributed by atoms with van der Waals surface area (Å²) < 4.78 is 11.6. The molecule has 1 unspecified atom stereocenters. The van der Waals surface area contributed by atoms with Gasteiger partial charge in [-0.15, -0.1) is 0 Å². The zero-order valence-electron chi connectivity index (χ0n) is 7.86. The maximum atomic E-state index is 10.8. The van der Waals surface area contributed by atoms with Crippen LogP contribution in [0.1, 0.15) is 6.42 Å². The summed E-state index contributed by atoms with van der Waals surface area (Å²) in [5.41, 5.74) is 0. The maximum absolute atomic E-state index is 10.8. The molecule has 1 N–H and O–H groups in total. The lowest BCUT2D eigenvalue weighted by Gasteiger charge is -2.05. The van der Waals surface area contributed by atoms with Gasteiger partial charge in [0.05, 0.1) is 4.47 Å². The predicted octanol–water partition coefficient (Wildman–Crippen LogP) is 1.42.